The monoisotopic (exact) mass is 346 g/mol. The predicted molar refractivity (Wildman–Crippen MR) is 96.6 cm³/mol. The van der Waals surface area contributed by atoms with Gasteiger partial charge in [0.2, 0.25) is 5.91 Å². The zero-order valence-electron chi connectivity index (χ0n) is 14.0. The second-order valence-corrected chi connectivity index (χ2v) is 9.57. The van der Waals surface area contributed by atoms with Crippen LogP contribution >= 0.6 is 7.14 Å². The van der Waals surface area contributed by atoms with Crippen molar-refractivity contribution in [3.8, 4) is 18.1 Å². The maximum Gasteiger partial charge on any atom is 0.225 e. The molecule has 0 spiro atoms. The van der Waals surface area contributed by atoms with Gasteiger partial charge >= 0.3 is 0 Å². The molecule has 3 rings (SSSR count). The Labute approximate surface area is 143 Å². The van der Waals surface area contributed by atoms with Crippen molar-refractivity contribution in [3.63, 3.8) is 0 Å². The summed E-state index contributed by atoms with van der Waals surface area (Å²) >= 11 is 0. The quantitative estimate of drug-likeness (QED) is 0.654. The van der Waals surface area contributed by atoms with Crippen molar-refractivity contribution in [1.82, 2.24) is 4.90 Å². The Morgan fingerprint density at radius 2 is 2.12 bits per heavy atom. The van der Waals surface area contributed by atoms with Crippen molar-refractivity contribution in [2.75, 3.05) is 44.4 Å². The fraction of sp³-hybridized carbons (Fsp3) is 0.500. The maximum atomic E-state index is 13.3. The van der Waals surface area contributed by atoms with Gasteiger partial charge in [-0.2, -0.15) is 0 Å². The largest absolute Gasteiger partial charge is 0.495 e. The number of carbonyl (C=O) groups excluding carboxylic acids is 1. The fourth-order valence-corrected chi connectivity index (χ4v) is 5.65. The fourth-order valence-electron chi connectivity index (χ4n) is 3.08. The van der Waals surface area contributed by atoms with Crippen LogP contribution in [-0.4, -0.2) is 49.9 Å². The van der Waals surface area contributed by atoms with Gasteiger partial charge in [-0.1, -0.05) is 5.92 Å². The number of rotatable bonds is 5. The van der Waals surface area contributed by atoms with E-state index in [9.17, 15) is 9.36 Å². The molecule has 1 amide bonds. The summed E-state index contributed by atoms with van der Waals surface area (Å²) in [6.45, 7) is 1.59. The molecule has 1 saturated heterocycles. The van der Waals surface area contributed by atoms with Crippen LogP contribution in [0.2, 0.25) is 0 Å². The number of carbonyl (C=O) groups is 1. The van der Waals surface area contributed by atoms with E-state index >= 15 is 0 Å². The van der Waals surface area contributed by atoms with E-state index in [4.69, 9.17) is 11.2 Å². The van der Waals surface area contributed by atoms with Gasteiger partial charge < -0.3 is 19.5 Å². The topological polar surface area (TPSA) is 58.6 Å². The predicted octanol–water partition coefficient (Wildman–Crippen LogP) is 1.98. The van der Waals surface area contributed by atoms with Crippen LogP contribution in [-0.2, 0) is 9.36 Å². The van der Waals surface area contributed by atoms with Gasteiger partial charge in [0.05, 0.1) is 19.3 Å². The van der Waals surface area contributed by atoms with E-state index in [1.807, 2.05) is 23.1 Å². The summed E-state index contributed by atoms with van der Waals surface area (Å²) in [5, 5.41) is 3.92. The highest BCUT2D eigenvalue weighted by molar-refractivity contribution is 7.71. The van der Waals surface area contributed by atoms with Crippen LogP contribution in [0.4, 0.5) is 5.69 Å². The third kappa shape index (κ3) is 3.44. The molecule has 2 fully saturated rings. The lowest BCUT2D eigenvalue weighted by Crippen LogP contribution is -2.41. The first kappa shape index (κ1) is 16.9. The molecule has 1 aliphatic carbocycles. The Bertz CT molecular complexity index is 709. The molecule has 6 heteroatoms. The highest BCUT2D eigenvalue weighted by atomic mass is 31.2. The Morgan fingerprint density at radius 1 is 1.42 bits per heavy atom. The molecule has 0 unspecified atom stereocenters. The average Bonchev–Trinajstić information content (AvgIpc) is 3.45. The molecule has 128 valence electrons. The first-order chi connectivity index (χ1) is 11.6. The van der Waals surface area contributed by atoms with E-state index in [1.54, 1.807) is 7.11 Å². The van der Waals surface area contributed by atoms with Crippen molar-refractivity contribution in [3.05, 3.63) is 18.2 Å². The summed E-state index contributed by atoms with van der Waals surface area (Å²) < 4.78 is 18.7. The third-order valence-corrected chi connectivity index (χ3v) is 7.80. The Morgan fingerprint density at radius 3 is 2.71 bits per heavy atom. The first-order valence-electron chi connectivity index (χ1n) is 8.30. The van der Waals surface area contributed by atoms with Gasteiger partial charge in [-0.15, -0.1) is 6.42 Å². The van der Waals surface area contributed by atoms with Crippen molar-refractivity contribution >= 4 is 24.0 Å². The summed E-state index contributed by atoms with van der Waals surface area (Å²) in [5.74, 6) is 3.64. The minimum Gasteiger partial charge on any atom is -0.495 e. The minimum absolute atomic E-state index is 0.226. The molecular weight excluding hydrogens is 323 g/mol. The van der Waals surface area contributed by atoms with E-state index in [1.165, 1.54) is 0 Å². The minimum atomic E-state index is -2.48. The number of terminal acetylenes is 1. The smallest absolute Gasteiger partial charge is 0.225 e. The number of hydrogen-bond donors (Lipinski definition) is 1. The molecule has 1 aromatic carbocycles. The van der Waals surface area contributed by atoms with Gasteiger partial charge in [-0.3, -0.25) is 4.79 Å². The Balaban J connectivity index is 1.72. The van der Waals surface area contributed by atoms with E-state index in [0.717, 1.165) is 23.8 Å². The van der Waals surface area contributed by atoms with Gasteiger partial charge in [0.15, 0.2) is 0 Å². The number of ether oxygens (including phenoxy) is 1. The van der Waals surface area contributed by atoms with Crippen molar-refractivity contribution in [1.29, 1.82) is 0 Å². The second kappa shape index (κ2) is 6.91. The maximum absolute atomic E-state index is 13.3. The molecule has 1 heterocycles. The molecule has 1 saturated carbocycles. The number of methoxy groups -OCH3 is 1. The van der Waals surface area contributed by atoms with Gasteiger partial charge in [-0.25, -0.2) is 0 Å². The molecule has 0 atom stereocenters. The van der Waals surface area contributed by atoms with Gasteiger partial charge in [0.25, 0.3) is 0 Å². The molecular formula is C18H23N2O3P. The van der Waals surface area contributed by atoms with Gasteiger partial charge in [-0.05, 0) is 31.0 Å². The molecule has 5 nitrogen and oxygen atoms in total. The van der Waals surface area contributed by atoms with Crippen LogP contribution in [0.5, 0.6) is 5.75 Å². The molecule has 0 radical (unpaired) electrons. The molecule has 2 aliphatic rings. The summed E-state index contributed by atoms with van der Waals surface area (Å²) in [6.07, 6.45) is 8.38. The molecule has 24 heavy (non-hydrogen) atoms. The summed E-state index contributed by atoms with van der Waals surface area (Å²) in [5.41, 5.74) is 0.799. The number of amides is 1. The van der Waals surface area contributed by atoms with Crippen molar-refractivity contribution in [2.24, 2.45) is 5.92 Å². The van der Waals surface area contributed by atoms with Gasteiger partial charge in [0.1, 0.15) is 12.9 Å². The highest BCUT2D eigenvalue weighted by Gasteiger charge is 2.38. The van der Waals surface area contributed by atoms with Crippen LogP contribution in [0.3, 0.4) is 0 Å². The van der Waals surface area contributed by atoms with E-state index in [0.29, 0.717) is 37.7 Å². The van der Waals surface area contributed by atoms with Crippen LogP contribution in [0.25, 0.3) is 0 Å². The lowest BCUT2D eigenvalue weighted by atomic mass is 10.3. The first-order valence-corrected chi connectivity index (χ1v) is 10.4. The SMILES string of the molecule is C#CCNc1ccc(P2(=O)CCN(C(=O)C3CC3)CC2)cc1OC. The summed E-state index contributed by atoms with van der Waals surface area (Å²) in [6, 6.07) is 5.60. The number of hydrogen-bond acceptors (Lipinski definition) is 4. The number of nitrogens with zero attached hydrogens (tertiary/aromatic N) is 1. The Kier molecular flexibility index (Phi) is 4.87. The standard InChI is InChI=1S/C18H23N2O3P/c1-3-8-19-16-7-6-15(13-17(16)23-2)24(22)11-9-20(10-12-24)18(21)14-4-5-14/h1,6-7,13-14,19H,4-5,8-12H2,2H3. The molecule has 1 aromatic rings. The van der Waals surface area contributed by atoms with Crippen molar-refractivity contribution in [2.45, 2.75) is 12.8 Å². The number of nitrogens with one attached hydrogen (secondary N) is 1. The molecule has 1 N–H and O–H groups in total. The second-order valence-electron chi connectivity index (χ2n) is 6.38. The van der Waals surface area contributed by atoms with Crippen LogP contribution in [0.15, 0.2) is 18.2 Å². The summed E-state index contributed by atoms with van der Waals surface area (Å²) in [4.78, 5) is 14.0. The van der Waals surface area contributed by atoms with Gasteiger partial charge in [0, 0.05) is 36.6 Å². The number of benzene rings is 1. The van der Waals surface area contributed by atoms with Crippen LogP contribution in [0.1, 0.15) is 12.8 Å². The van der Waals surface area contributed by atoms with Crippen molar-refractivity contribution < 1.29 is 14.1 Å². The molecule has 1 aliphatic heterocycles. The van der Waals surface area contributed by atoms with E-state index < -0.39 is 7.14 Å². The van der Waals surface area contributed by atoms with Crippen LogP contribution < -0.4 is 15.4 Å². The van der Waals surface area contributed by atoms with E-state index in [-0.39, 0.29) is 11.8 Å². The number of anilines is 1. The lowest BCUT2D eigenvalue weighted by molar-refractivity contribution is -0.132. The molecule has 0 bridgehead atoms. The summed E-state index contributed by atoms with van der Waals surface area (Å²) in [7, 11) is -0.890. The van der Waals surface area contributed by atoms with E-state index in [2.05, 4.69) is 11.2 Å². The zero-order valence-corrected chi connectivity index (χ0v) is 14.9. The zero-order chi connectivity index (χ0) is 17.2. The average molecular weight is 346 g/mol. The molecule has 0 aromatic heterocycles. The highest BCUT2D eigenvalue weighted by Crippen LogP contribution is 2.48. The lowest BCUT2D eigenvalue weighted by Gasteiger charge is -2.33. The van der Waals surface area contributed by atoms with Crippen LogP contribution in [0, 0.1) is 18.3 Å². The third-order valence-electron chi connectivity index (χ3n) is 4.74. The normalized spacial score (nSPS) is 19.4. The Hall–Kier alpha value is -1.92.